The number of carbonyl (C=O) groups excluding carboxylic acids is 1. The van der Waals surface area contributed by atoms with Gasteiger partial charge in [-0.15, -0.1) is 6.58 Å². The normalized spacial score (nSPS) is 17.9. The van der Waals surface area contributed by atoms with Gasteiger partial charge in [-0.1, -0.05) is 6.08 Å². The fourth-order valence-corrected chi connectivity index (χ4v) is 2.53. The highest BCUT2D eigenvalue weighted by Crippen LogP contribution is 2.37. The Morgan fingerprint density at radius 2 is 2.00 bits per heavy atom. The van der Waals surface area contributed by atoms with Gasteiger partial charge in [0, 0.05) is 25.4 Å². The molecule has 0 radical (unpaired) electrons. The first-order chi connectivity index (χ1) is 10.1. The molecule has 1 atom stereocenters. The summed E-state index contributed by atoms with van der Waals surface area (Å²) in [7, 11) is 2.99. The predicted octanol–water partition coefficient (Wildman–Crippen LogP) is 1.99. The topological polar surface area (TPSA) is 59.0 Å². The zero-order valence-corrected chi connectivity index (χ0v) is 12.5. The maximum Gasteiger partial charge on any atom is 0.223 e. The van der Waals surface area contributed by atoms with Crippen molar-refractivity contribution in [1.82, 2.24) is 4.90 Å². The second-order valence-electron chi connectivity index (χ2n) is 5.14. The number of rotatable bonds is 6. The number of methoxy groups -OCH3 is 2. The van der Waals surface area contributed by atoms with E-state index in [1.54, 1.807) is 12.1 Å². The van der Waals surface area contributed by atoms with Gasteiger partial charge in [0.15, 0.2) is 11.5 Å². The van der Waals surface area contributed by atoms with Crippen LogP contribution in [0.2, 0.25) is 0 Å². The maximum absolute atomic E-state index is 11.9. The van der Waals surface area contributed by atoms with Crippen molar-refractivity contribution in [1.29, 1.82) is 0 Å². The molecule has 2 rings (SSSR count). The molecule has 0 spiro atoms. The van der Waals surface area contributed by atoms with Gasteiger partial charge in [-0.3, -0.25) is 4.79 Å². The molecule has 5 heteroatoms. The minimum Gasteiger partial charge on any atom is -0.502 e. The number of aromatic hydroxyl groups is 1. The average Bonchev–Trinajstić information content (AvgIpc) is 2.86. The quantitative estimate of drug-likeness (QED) is 0.814. The first kappa shape index (κ1) is 15.2. The third-order valence-electron chi connectivity index (χ3n) is 3.79. The van der Waals surface area contributed by atoms with Crippen LogP contribution in [0.3, 0.4) is 0 Å². The van der Waals surface area contributed by atoms with Crippen LogP contribution >= 0.6 is 0 Å². The monoisotopic (exact) mass is 291 g/mol. The largest absolute Gasteiger partial charge is 0.502 e. The summed E-state index contributed by atoms with van der Waals surface area (Å²) < 4.78 is 10.3. The molecule has 21 heavy (non-hydrogen) atoms. The Morgan fingerprint density at radius 3 is 2.48 bits per heavy atom. The fourth-order valence-electron chi connectivity index (χ4n) is 2.53. The van der Waals surface area contributed by atoms with Crippen LogP contribution in [0.5, 0.6) is 17.2 Å². The molecule has 1 aromatic carbocycles. The van der Waals surface area contributed by atoms with Crippen molar-refractivity contribution in [3.63, 3.8) is 0 Å². The highest BCUT2D eigenvalue weighted by Gasteiger charge is 2.27. The second-order valence-corrected chi connectivity index (χ2v) is 5.14. The Morgan fingerprint density at radius 1 is 1.38 bits per heavy atom. The van der Waals surface area contributed by atoms with Crippen molar-refractivity contribution in [3.8, 4) is 17.2 Å². The van der Waals surface area contributed by atoms with Crippen LogP contribution in [0.4, 0.5) is 0 Å². The van der Waals surface area contributed by atoms with Crippen molar-refractivity contribution in [3.05, 3.63) is 30.4 Å². The molecule has 1 saturated heterocycles. The van der Waals surface area contributed by atoms with Crippen LogP contribution in [-0.4, -0.2) is 43.2 Å². The van der Waals surface area contributed by atoms with E-state index in [2.05, 4.69) is 6.58 Å². The van der Waals surface area contributed by atoms with Gasteiger partial charge in [-0.25, -0.2) is 0 Å². The van der Waals surface area contributed by atoms with Gasteiger partial charge in [-0.05, 0) is 24.1 Å². The lowest BCUT2D eigenvalue weighted by atomic mass is 10.1. The summed E-state index contributed by atoms with van der Waals surface area (Å²) in [5, 5.41) is 9.88. The summed E-state index contributed by atoms with van der Waals surface area (Å²) >= 11 is 0. The molecule has 0 bridgehead atoms. The van der Waals surface area contributed by atoms with Crippen LogP contribution in [-0.2, 0) is 11.2 Å². The molecule has 1 N–H and O–H groups in total. The van der Waals surface area contributed by atoms with Gasteiger partial charge >= 0.3 is 0 Å². The van der Waals surface area contributed by atoms with Crippen molar-refractivity contribution in [2.75, 3.05) is 27.3 Å². The number of phenolic OH excluding ortho intramolecular Hbond substituents is 1. The van der Waals surface area contributed by atoms with Crippen molar-refractivity contribution in [2.24, 2.45) is 5.92 Å². The van der Waals surface area contributed by atoms with Crippen LogP contribution < -0.4 is 9.47 Å². The molecule has 0 aliphatic carbocycles. The van der Waals surface area contributed by atoms with E-state index in [0.717, 1.165) is 12.1 Å². The first-order valence-electron chi connectivity index (χ1n) is 6.93. The number of likely N-dealkylation sites (tertiary alicyclic amines) is 1. The van der Waals surface area contributed by atoms with E-state index >= 15 is 0 Å². The molecule has 1 fully saturated rings. The Bertz CT molecular complexity index is 516. The molecule has 1 aliphatic rings. The van der Waals surface area contributed by atoms with E-state index in [9.17, 15) is 9.90 Å². The molecule has 5 nitrogen and oxygen atoms in total. The third-order valence-corrected chi connectivity index (χ3v) is 3.79. The lowest BCUT2D eigenvalue weighted by Gasteiger charge is -2.17. The molecule has 1 unspecified atom stereocenters. The van der Waals surface area contributed by atoms with Crippen LogP contribution in [0.1, 0.15) is 12.0 Å². The van der Waals surface area contributed by atoms with Crippen LogP contribution in [0, 0.1) is 5.92 Å². The number of hydrogen-bond acceptors (Lipinski definition) is 4. The summed E-state index contributed by atoms with van der Waals surface area (Å²) in [6, 6.07) is 3.53. The molecule has 0 saturated carbocycles. The summed E-state index contributed by atoms with van der Waals surface area (Å²) in [6.45, 7) is 5.12. The van der Waals surface area contributed by atoms with E-state index in [0.29, 0.717) is 30.9 Å². The SMILES string of the molecule is C=CC1CC(=O)N(CCc2cc(OC)c(O)c(OC)c2)C1. The summed E-state index contributed by atoms with van der Waals surface area (Å²) in [5.74, 6) is 1.16. The Kier molecular flexibility index (Phi) is 4.73. The van der Waals surface area contributed by atoms with Crippen LogP contribution in [0.15, 0.2) is 24.8 Å². The number of hydrogen-bond donors (Lipinski definition) is 1. The van der Waals surface area contributed by atoms with E-state index in [1.165, 1.54) is 14.2 Å². The maximum atomic E-state index is 11.9. The smallest absolute Gasteiger partial charge is 0.223 e. The molecular weight excluding hydrogens is 270 g/mol. The lowest BCUT2D eigenvalue weighted by molar-refractivity contribution is -0.127. The molecule has 1 amide bonds. The molecule has 0 aromatic heterocycles. The summed E-state index contributed by atoms with van der Waals surface area (Å²) in [5.41, 5.74) is 0.955. The van der Waals surface area contributed by atoms with Crippen molar-refractivity contribution in [2.45, 2.75) is 12.8 Å². The van der Waals surface area contributed by atoms with Crippen LogP contribution in [0.25, 0.3) is 0 Å². The second kappa shape index (κ2) is 6.52. The number of phenols is 1. The lowest BCUT2D eigenvalue weighted by Crippen LogP contribution is -2.27. The Balaban J connectivity index is 2.06. The molecule has 114 valence electrons. The highest BCUT2D eigenvalue weighted by atomic mass is 16.5. The van der Waals surface area contributed by atoms with Gasteiger partial charge in [0.1, 0.15) is 0 Å². The van der Waals surface area contributed by atoms with Gasteiger partial charge in [0.2, 0.25) is 11.7 Å². The summed E-state index contributed by atoms with van der Waals surface area (Å²) in [4.78, 5) is 13.7. The standard InChI is InChI=1S/C16H21NO4/c1-4-11-9-15(18)17(10-11)6-5-12-7-13(20-2)16(19)14(8-12)21-3/h4,7-8,11,19H,1,5-6,9-10H2,2-3H3. The average molecular weight is 291 g/mol. The molecule has 1 aromatic rings. The minimum atomic E-state index is -0.00674. The number of ether oxygens (including phenoxy) is 2. The molecular formula is C16H21NO4. The zero-order valence-electron chi connectivity index (χ0n) is 12.5. The van der Waals surface area contributed by atoms with E-state index in [4.69, 9.17) is 9.47 Å². The highest BCUT2D eigenvalue weighted by molar-refractivity contribution is 5.79. The Hall–Kier alpha value is -2.17. The first-order valence-corrected chi connectivity index (χ1v) is 6.93. The molecule has 1 aliphatic heterocycles. The number of benzene rings is 1. The minimum absolute atomic E-state index is 0.00674. The fraction of sp³-hybridized carbons (Fsp3) is 0.438. The van der Waals surface area contributed by atoms with Crippen molar-refractivity contribution >= 4 is 5.91 Å². The third kappa shape index (κ3) is 3.29. The number of amides is 1. The van der Waals surface area contributed by atoms with Gasteiger partial charge in [0.05, 0.1) is 14.2 Å². The number of carbonyl (C=O) groups is 1. The van der Waals surface area contributed by atoms with Gasteiger partial charge < -0.3 is 19.5 Å². The van der Waals surface area contributed by atoms with Gasteiger partial charge in [0.25, 0.3) is 0 Å². The number of nitrogens with zero attached hydrogens (tertiary/aromatic N) is 1. The zero-order chi connectivity index (χ0) is 15.4. The van der Waals surface area contributed by atoms with E-state index < -0.39 is 0 Å². The van der Waals surface area contributed by atoms with E-state index in [-0.39, 0.29) is 17.6 Å². The predicted molar refractivity (Wildman–Crippen MR) is 79.8 cm³/mol. The van der Waals surface area contributed by atoms with E-state index in [1.807, 2.05) is 11.0 Å². The molecule has 1 heterocycles. The summed E-state index contributed by atoms with van der Waals surface area (Å²) in [6.07, 6.45) is 3.07. The Labute approximate surface area is 124 Å². The van der Waals surface area contributed by atoms with Gasteiger partial charge in [-0.2, -0.15) is 0 Å². The van der Waals surface area contributed by atoms with Crippen molar-refractivity contribution < 1.29 is 19.4 Å².